The van der Waals surface area contributed by atoms with Crippen molar-refractivity contribution < 1.29 is 0 Å². The molecule has 0 aliphatic heterocycles. The molecule has 3 heteroatoms. The number of aromatic nitrogens is 2. The summed E-state index contributed by atoms with van der Waals surface area (Å²) in [6.45, 7) is 4.67. The van der Waals surface area contributed by atoms with Crippen molar-refractivity contribution in [1.82, 2.24) is 9.55 Å². The Morgan fingerprint density at radius 1 is 0.511 bits per heavy atom. The first-order valence-electron chi connectivity index (χ1n) is 15.6. The zero-order chi connectivity index (χ0) is 30.1. The summed E-state index contributed by atoms with van der Waals surface area (Å²) in [5.74, 6) is 0.912. The molecule has 0 N–H and O–H groups in total. The van der Waals surface area contributed by atoms with E-state index in [4.69, 9.17) is 4.98 Å². The zero-order valence-corrected chi connectivity index (χ0v) is 25.3. The highest BCUT2D eigenvalue weighted by molar-refractivity contribution is 6.10. The molecular formula is C42H31N3. The van der Waals surface area contributed by atoms with Crippen molar-refractivity contribution in [3.8, 4) is 16.9 Å². The second-order valence-corrected chi connectivity index (χ2v) is 12.5. The van der Waals surface area contributed by atoms with Crippen LogP contribution in [0.25, 0.3) is 49.5 Å². The smallest absolute Gasteiger partial charge is 0.137 e. The first-order valence-corrected chi connectivity index (χ1v) is 15.6. The Hall–Kier alpha value is -5.67. The maximum absolute atomic E-state index is 4.77. The van der Waals surface area contributed by atoms with Crippen LogP contribution in [0.3, 0.4) is 0 Å². The Balaban J connectivity index is 1.31. The fraction of sp³-hybridized carbons (Fsp3) is 0.0714. The summed E-state index contributed by atoms with van der Waals surface area (Å²) in [6.07, 6.45) is 1.87. The van der Waals surface area contributed by atoms with Gasteiger partial charge < -0.3 is 4.90 Å². The Morgan fingerprint density at radius 2 is 1.18 bits per heavy atom. The fourth-order valence-corrected chi connectivity index (χ4v) is 7.44. The van der Waals surface area contributed by atoms with Crippen LogP contribution < -0.4 is 4.90 Å². The summed E-state index contributed by atoms with van der Waals surface area (Å²) < 4.78 is 2.29. The largest absolute Gasteiger partial charge is 0.310 e. The quantitative estimate of drug-likeness (QED) is 0.207. The van der Waals surface area contributed by atoms with Crippen LogP contribution in [0.4, 0.5) is 17.1 Å². The number of anilines is 3. The third kappa shape index (κ3) is 3.87. The lowest BCUT2D eigenvalue weighted by atomic mass is 9.82. The molecule has 0 saturated carbocycles. The molecule has 8 aromatic rings. The van der Waals surface area contributed by atoms with Gasteiger partial charge in [0.2, 0.25) is 0 Å². The summed E-state index contributed by atoms with van der Waals surface area (Å²) in [4.78, 5) is 7.17. The van der Waals surface area contributed by atoms with Gasteiger partial charge in [-0.2, -0.15) is 0 Å². The number of benzene rings is 6. The minimum absolute atomic E-state index is 0.0409. The second-order valence-electron chi connectivity index (χ2n) is 12.5. The highest BCUT2D eigenvalue weighted by atomic mass is 15.1. The summed E-state index contributed by atoms with van der Waals surface area (Å²) in [7, 11) is 0. The van der Waals surface area contributed by atoms with Gasteiger partial charge in [-0.3, -0.25) is 4.57 Å². The van der Waals surface area contributed by atoms with Gasteiger partial charge in [0.05, 0.1) is 11.0 Å². The van der Waals surface area contributed by atoms with Gasteiger partial charge in [-0.25, -0.2) is 4.98 Å². The van der Waals surface area contributed by atoms with E-state index >= 15 is 0 Å². The number of rotatable bonds is 4. The van der Waals surface area contributed by atoms with Crippen molar-refractivity contribution >= 4 is 49.6 Å². The van der Waals surface area contributed by atoms with Crippen molar-refractivity contribution in [3.63, 3.8) is 0 Å². The maximum atomic E-state index is 4.77. The number of hydrogen-bond acceptors (Lipinski definition) is 2. The van der Waals surface area contributed by atoms with Crippen LogP contribution in [-0.2, 0) is 5.41 Å². The average molecular weight is 578 g/mol. The van der Waals surface area contributed by atoms with Crippen LogP contribution in [0.5, 0.6) is 0 Å². The van der Waals surface area contributed by atoms with E-state index in [-0.39, 0.29) is 5.41 Å². The fourth-order valence-electron chi connectivity index (χ4n) is 7.44. The highest BCUT2D eigenvalue weighted by Crippen LogP contribution is 2.51. The normalized spacial score (nSPS) is 13.3. The molecule has 0 amide bonds. The lowest BCUT2D eigenvalue weighted by Gasteiger charge is -2.27. The number of pyridine rings is 1. The van der Waals surface area contributed by atoms with E-state index in [9.17, 15) is 0 Å². The van der Waals surface area contributed by atoms with Crippen LogP contribution in [0.2, 0.25) is 0 Å². The molecule has 0 saturated heterocycles. The molecule has 1 aliphatic rings. The lowest BCUT2D eigenvalue weighted by Crippen LogP contribution is -2.15. The molecule has 0 fully saturated rings. The van der Waals surface area contributed by atoms with Gasteiger partial charge in [0.25, 0.3) is 0 Å². The van der Waals surface area contributed by atoms with Crippen molar-refractivity contribution in [2.75, 3.05) is 4.90 Å². The minimum atomic E-state index is -0.0409. The van der Waals surface area contributed by atoms with Crippen LogP contribution in [0.1, 0.15) is 25.0 Å². The van der Waals surface area contributed by atoms with Gasteiger partial charge in [0.1, 0.15) is 5.82 Å². The van der Waals surface area contributed by atoms with Crippen LogP contribution >= 0.6 is 0 Å². The third-order valence-electron chi connectivity index (χ3n) is 9.61. The number of para-hydroxylation sites is 1. The third-order valence-corrected chi connectivity index (χ3v) is 9.61. The van der Waals surface area contributed by atoms with E-state index in [0.29, 0.717) is 0 Å². The van der Waals surface area contributed by atoms with E-state index in [2.05, 4.69) is 163 Å². The van der Waals surface area contributed by atoms with Crippen molar-refractivity contribution in [1.29, 1.82) is 0 Å². The Labute approximate surface area is 262 Å². The molecule has 0 atom stereocenters. The van der Waals surface area contributed by atoms with Crippen molar-refractivity contribution in [2.45, 2.75) is 19.3 Å². The SMILES string of the molecule is CC1(C)c2ccccc2-c2cc(N(c3ccc4ccccc4c3)c3ccc4c5ccccc5n(-c5ccccn5)c4c3)ccc21. The maximum Gasteiger partial charge on any atom is 0.137 e. The second kappa shape index (κ2) is 9.67. The summed E-state index contributed by atoms with van der Waals surface area (Å²) in [5, 5.41) is 4.88. The van der Waals surface area contributed by atoms with Gasteiger partial charge in [0, 0.05) is 39.4 Å². The van der Waals surface area contributed by atoms with Gasteiger partial charge in [-0.15, -0.1) is 0 Å². The molecule has 3 nitrogen and oxygen atoms in total. The first-order chi connectivity index (χ1) is 22.1. The van der Waals surface area contributed by atoms with Crippen LogP contribution in [0, 0.1) is 0 Å². The molecule has 0 unspecified atom stereocenters. The van der Waals surface area contributed by atoms with Crippen molar-refractivity contribution in [2.24, 2.45) is 0 Å². The molecule has 0 radical (unpaired) electrons. The Kier molecular flexibility index (Phi) is 5.54. The number of fused-ring (bicyclic) bond motifs is 7. The molecule has 45 heavy (non-hydrogen) atoms. The monoisotopic (exact) mass is 577 g/mol. The predicted molar refractivity (Wildman–Crippen MR) is 188 cm³/mol. The molecule has 2 aromatic heterocycles. The molecule has 0 bridgehead atoms. The Morgan fingerprint density at radius 3 is 2.07 bits per heavy atom. The van der Waals surface area contributed by atoms with E-state index in [1.807, 2.05) is 12.3 Å². The zero-order valence-electron chi connectivity index (χ0n) is 25.3. The van der Waals surface area contributed by atoms with Crippen molar-refractivity contribution in [3.05, 3.63) is 163 Å². The van der Waals surface area contributed by atoms with E-state index < -0.39 is 0 Å². The Bertz CT molecular complexity index is 2420. The van der Waals surface area contributed by atoms with Crippen LogP contribution in [0.15, 0.2) is 152 Å². The number of hydrogen-bond donors (Lipinski definition) is 0. The minimum Gasteiger partial charge on any atom is -0.310 e. The first kappa shape index (κ1) is 25.8. The van der Waals surface area contributed by atoms with E-state index in [0.717, 1.165) is 33.9 Å². The molecule has 2 heterocycles. The summed E-state index contributed by atoms with van der Waals surface area (Å²) in [5.41, 5.74) is 11.0. The van der Waals surface area contributed by atoms with Gasteiger partial charge in [-0.05, 0) is 87.6 Å². The molecule has 9 rings (SSSR count). The van der Waals surface area contributed by atoms with Gasteiger partial charge >= 0.3 is 0 Å². The molecule has 214 valence electrons. The summed E-state index contributed by atoms with van der Waals surface area (Å²) >= 11 is 0. The highest BCUT2D eigenvalue weighted by Gasteiger charge is 2.35. The topological polar surface area (TPSA) is 21.1 Å². The molecular weight excluding hydrogens is 546 g/mol. The molecule has 1 aliphatic carbocycles. The summed E-state index contributed by atoms with van der Waals surface area (Å²) in [6, 6.07) is 52.8. The standard InChI is InChI=1S/C42H31N3/c1-42(2)37-15-7-5-13-33(37)36-26-31(21-23-38(36)42)44(30-19-18-28-11-3-4-12-29(28)25-30)32-20-22-35-34-14-6-8-16-39(34)45(40(35)27-32)41-17-9-10-24-43-41/h3-27H,1-2H3. The average Bonchev–Trinajstić information content (AvgIpc) is 3.53. The lowest BCUT2D eigenvalue weighted by molar-refractivity contribution is 0.660. The van der Waals surface area contributed by atoms with Crippen LogP contribution in [-0.4, -0.2) is 9.55 Å². The van der Waals surface area contributed by atoms with E-state index in [1.165, 1.54) is 43.8 Å². The van der Waals surface area contributed by atoms with Gasteiger partial charge in [-0.1, -0.05) is 105 Å². The number of nitrogens with zero attached hydrogens (tertiary/aromatic N) is 3. The molecule has 6 aromatic carbocycles. The van der Waals surface area contributed by atoms with E-state index in [1.54, 1.807) is 0 Å². The predicted octanol–water partition coefficient (Wildman–Crippen LogP) is 11.1. The molecule has 0 spiro atoms. The van der Waals surface area contributed by atoms with Gasteiger partial charge in [0.15, 0.2) is 0 Å².